The number of hydrogen-bond donors (Lipinski definition) is 0. The second-order valence-electron chi connectivity index (χ2n) is 3.39. The maximum absolute atomic E-state index is 13.9. The van der Waals surface area contributed by atoms with Crippen molar-refractivity contribution < 1.29 is 9.40 Å². The van der Waals surface area contributed by atoms with Crippen molar-refractivity contribution in [2.75, 3.05) is 5.12 Å². The molecule has 2 aromatic carbocycles. The lowest BCUT2D eigenvalue weighted by Gasteiger charge is -2.13. The third-order valence-corrected chi connectivity index (χ3v) is 2.27. The first-order valence-corrected chi connectivity index (χ1v) is 4.94. The van der Waals surface area contributed by atoms with Crippen LogP contribution in [0.1, 0.15) is 0 Å². The molecule has 0 atom stereocenters. The minimum atomic E-state index is -0.519. The molecule has 0 bridgehead atoms. The number of benzene rings is 2. The Morgan fingerprint density at radius 1 is 0.941 bits per heavy atom. The van der Waals surface area contributed by atoms with E-state index in [-0.39, 0.29) is 11.4 Å². The Balaban J connectivity index is 2.26. The van der Waals surface area contributed by atoms with E-state index in [0.717, 1.165) is 0 Å². The van der Waals surface area contributed by atoms with Gasteiger partial charge in [-0.2, -0.15) is 5.12 Å². The van der Waals surface area contributed by atoms with Crippen LogP contribution in [0.4, 0.5) is 21.5 Å². The molecule has 5 heteroatoms. The summed E-state index contributed by atoms with van der Waals surface area (Å²) in [5.74, 6) is 0. The topological polar surface area (TPSA) is 46.4 Å². The van der Waals surface area contributed by atoms with E-state index < -0.39 is 4.92 Å². The first-order valence-electron chi connectivity index (χ1n) is 4.94. The molecule has 0 amide bonds. The van der Waals surface area contributed by atoms with Crippen molar-refractivity contribution >= 4 is 17.1 Å². The van der Waals surface area contributed by atoms with E-state index in [1.807, 2.05) is 0 Å². The summed E-state index contributed by atoms with van der Waals surface area (Å²) in [6.07, 6.45) is 0. The van der Waals surface area contributed by atoms with Gasteiger partial charge in [-0.05, 0) is 24.3 Å². The summed E-state index contributed by atoms with van der Waals surface area (Å²) in [6.45, 7) is 0. The van der Waals surface area contributed by atoms with Gasteiger partial charge in [0.2, 0.25) is 0 Å². The predicted molar refractivity (Wildman–Crippen MR) is 62.8 cm³/mol. The van der Waals surface area contributed by atoms with Gasteiger partial charge in [0.25, 0.3) is 5.69 Å². The largest absolute Gasteiger partial charge is 0.269 e. The van der Waals surface area contributed by atoms with E-state index in [9.17, 15) is 14.6 Å². The van der Waals surface area contributed by atoms with Gasteiger partial charge < -0.3 is 0 Å². The lowest BCUT2D eigenvalue weighted by molar-refractivity contribution is -0.384. The first kappa shape index (κ1) is 11.1. The standard InChI is InChI=1S/C12H9FN2O2/c13-14(10-4-2-1-3-5-10)11-6-8-12(9-7-11)15(16)17/h1-9H. The molecule has 0 heterocycles. The zero-order chi connectivity index (χ0) is 12.3. The fourth-order valence-corrected chi connectivity index (χ4v) is 1.41. The molecular weight excluding hydrogens is 223 g/mol. The van der Waals surface area contributed by atoms with Gasteiger partial charge >= 0.3 is 0 Å². The molecule has 0 aliphatic carbocycles. The number of nitro groups is 1. The molecule has 2 aromatic rings. The van der Waals surface area contributed by atoms with Crippen molar-refractivity contribution in [2.45, 2.75) is 0 Å². The van der Waals surface area contributed by atoms with Crippen LogP contribution in [0.3, 0.4) is 0 Å². The smallest absolute Gasteiger partial charge is 0.258 e. The molecule has 0 radical (unpaired) electrons. The van der Waals surface area contributed by atoms with Gasteiger partial charge in [0, 0.05) is 12.1 Å². The normalized spacial score (nSPS) is 9.94. The number of anilines is 2. The maximum atomic E-state index is 13.9. The summed E-state index contributed by atoms with van der Waals surface area (Å²) in [7, 11) is 0. The summed E-state index contributed by atoms with van der Waals surface area (Å²) in [4.78, 5) is 9.93. The minimum absolute atomic E-state index is 0.0600. The highest BCUT2D eigenvalue weighted by molar-refractivity contribution is 5.61. The fraction of sp³-hybridized carbons (Fsp3) is 0. The number of nitro benzene ring substituents is 1. The van der Waals surface area contributed by atoms with Crippen LogP contribution in [0, 0.1) is 10.1 Å². The summed E-state index contributed by atoms with van der Waals surface area (Å²) in [5.41, 5.74) is 0.568. The Morgan fingerprint density at radius 3 is 2.00 bits per heavy atom. The minimum Gasteiger partial charge on any atom is -0.258 e. The quantitative estimate of drug-likeness (QED) is 0.461. The zero-order valence-corrected chi connectivity index (χ0v) is 8.79. The number of non-ortho nitro benzene ring substituents is 1. The Bertz CT molecular complexity index is 514. The Morgan fingerprint density at radius 2 is 1.47 bits per heavy atom. The highest BCUT2D eigenvalue weighted by Crippen LogP contribution is 2.26. The first-order chi connectivity index (χ1) is 8.18. The van der Waals surface area contributed by atoms with Crippen LogP contribution in [0.2, 0.25) is 0 Å². The number of nitrogens with zero attached hydrogens (tertiary/aromatic N) is 2. The zero-order valence-electron chi connectivity index (χ0n) is 8.79. The van der Waals surface area contributed by atoms with Crippen LogP contribution in [0.15, 0.2) is 54.6 Å². The van der Waals surface area contributed by atoms with Crippen molar-refractivity contribution in [3.05, 3.63) is 64.7 Å². The second kappa shape index (κ2) is 4.61. The van der Waals surface area contributed by atoms with Crippen molar-refractivity contribution in [2.24, 2.45) is 0 Å². The third kappa shape index (κ3) is 2.39. The molecule has 0 unspecified atom stereocenters. The summed E-state index contributed by atoms with van der Waals surface area (Å²) in [5, 5.41) is 10.9. The summed E-state index contributed by atoms with van der Waals surface area (Å²) < 4.78 is 13.9. The molecule has 17 heavy (non-hydrogen) atoms. The predicted octanol–water partition coefficient (Wildman–Crippen LogP) is 3.62. The Labute approximate surface area is 97.0 Å². The maximum Gasteiger partial charge on any atom is 0.269 e. The van der Waals surface area contributed by atoms with Gasteiger partial charge in [0.15, 0.2) is 0 Å². The van der Waals surface area contributed by atoms with Crippen molar-refractivity contribution in [3.63, 3.8) is 0 Å². The number of hydrogen-bond acceptors (Lipinski definition) is 3. The van der Waals surface area contributed by atoms with Crippen LogP contribution in [-0.2, 0) is 0 Å². The molecule has 0 aliphatic heterocycles. The number of halogens is 1. The second-order valence-corrected chi connectivity index (χ2v) is 3.39. The van der Waals surface area contributed by atoms with Crippen LogP contribution >= 0.6 is 0 Å². The van der Waals surface area contributed by atoms with Crippen LogP contribution < -0.4 is 5.12 Å². The van der Waals surface area contributed by atoms with Gasteiger partial charge in [-0.3, -0.25) is 10.1 Å². The molecule has 0 saturated heterocycles. The molecule has 0 saturated carbocycles. The van der Waals surface area contributed by atoms with Crippen LogP contribution in [0.25, 0.3) is 0 Å². The van der Waals surface area contributed by atoms with Gasteiger partial charge in [0.05, 0.1) is 16.3 Å². The molecule has 86 valence electrons. The van der Waals surface area contributed by atoms with Gasteiger partial charge in [0.1, 0.15) is 0 Å². The molecule has 0 N–H and O–H groups in total. The van der Waals surface area contributed by atoms with E-state index in [0.29, 0.717) is 10.8 Å². The fourth-order valence-electron chi connectivity index (χ4n) is 1.41. The van der Waals surface area contributed by atoms with Crippen molar-refractivity contribution in [1.29, 1.82) is 0 Å². The van der Waals surface area contributed by atoms with E-state index in [4.69, 9.17) is 0 Å². The van der Waals surface area contributed by atoms with Crippen LogP contribution in [0.5, 0.6) is 0 Å². The average molecular weight is 232 g/mol. The van der Waals surface area contributed by atoms with Gasteiger partial charge in [-0.15, -0.1) is 0 Å². The lowest BCUT2D eigenvalue weighted by atomic mass is 10.2. The molecular formula is C12H9FN2O2. The highest BCUT2D eigenvalue weighted by Gasteiger charge is 2.10. The Kier molecular flexibility index (Phi) is 3.00. The van der Waals surface area contributed by atoms with Crippen LogP contribution in [-0.4, -0.2) is 4.92 Å². The van der Waals surface area contributed by atoms with Gasteiger partial charge in [-0.25, -0.2) is 0 Å². The van der Waals surface area contributed by atoms with E-state index in [1.54, 1.807) is 30.3 Å². The molecule has 0 spiro atoms. The van der Waals surface area contributed by atoms with E-state index in [2.05, 4.69) is 0 Å². The SMILES string of the molecule is O=[N+]([O-])c1ccc(N(F)c2ccccc2)cc1. The van der Waals surface area contributed by atoms with E-state index in [1.165, 1.54) is 24.3 Å². The molecule has 0 aliphatic rings. The highest BCUT2D eigenvalue weighted by atomic mass is 19.2. The molecule has 2 rings (SSSR count). The number of rotatable bonds is 3. The van der Waals surface area contributed by atoms with Crippen molar-refractivity contribution in [3.8, 4) is 0 Å². The monoisotopic (exact) mass is 232 g/mol. The lowest BCUT2D eigenvalue weighted by Crippen LogP contribution is -2.03. The molecule has 0 aromatic heterocycles. The molecule has 4 nitrogen and oxygen atoms in total. The average Bonchev–Trinajstić information content (AvgIpc) is 2.39. The van der Waals surface area contributed by atoms with Gasteiger partial charge in [-0.1, -0.05) is 22.7 Å². The van der Waals surface area contributed by atoms with E-state index >= 15 is 0 Å². The third-order valence-electron chi connectivity index (χ3n) is 2.27. The van der Waals surface area contributed by atoms with Crippen molar-refractivity contribution in [1.82, 2.24) is 0 Å². The molecule has 0 fully saturated rings. The Hall–Kier alpha value is -2.43. The summed E-state index contributed by atoms with van der Waals surface area (Å²) >= 11 is 0. The number of para-hydroxylation sites is 1. The summed E-state index contributed by atoms with van der Waals surface area (Å²) in [6, 6.07) is 13.7.